The van der Waals surface area contributed by atoms with Gasteiger partial charge in [-0.1, -0.05) is 19.1 Å². The van der Waals surface area contributed by atoms with Crippen LogP contribution in [0.3, 0.4) is 0 Å². The summed E-state index contributed by atoms with van der Waals surface area (Å²) >= 11 is 0. The van der Waals surface area contributed by atoms with Crippen LogP contribution in [0.4, 0.5) is 0 Å². The number of ether oxygens (including phenoxy) is 1. The maximum absolute atomic E-state index is 9.20. The summed E-state index contributed by atoms with van der Waals surface area (Å²) in [6, 6.07) is 8.67. The number of hydrogen-bond donors (Lipinski definition) is 2. The van der Waals surface area contributed by atoms with Gasteiger partial charge in [0, 0.05) is 12.6 Å². The first-order valence-electron chi connectivity index (χ1n) is 6.41. The third-order valence-corrected chi connectivity index (χ3v) is 3.08. The Hall–Kier alpha value is -1.06. The van der Waals surface area contributed by atoms with Crippen molar-refractivity contribution in [1.82, 2.24) is 5.32 Å². The molecule has 1 aliphatic carbocycles. The van der Waals surface area contributed by atoms with Gasteiger partial charge in [-0.2, -0.15) is 0 Å². The fraction of sp³-hybridized carbons (Fsp3) is 0.571. The first-order valence-corrected chi connectivity index (χ1v) is 6.41. The Morgan fingerprint density at radius 3 is 2.94 bits per heavy atom. The van der Waals surface area contributed by atoms with Crippen LogP contribution in [-0.2, 0) is 6.54 Å². The van der Waals surface area contributed by atoms with Crippen LogP contribution in [0, 0.1) is 0 Å². The molecule has 94 valence electrons. The van der Waals surface area contributed by atoms with E-state index in [2.05, 4.69) is 24.4 Å². The predicted molar refractivity (Wildman–Crippen MR) is 68.1 cm³/mol. The SMILES string of the molecule is CCCOc1cccc(CNC2CC(O)C2)c1. The highest BCUT2D eigenvalue weighted by Gasteiger charge is 2.26. The molecule has 0 heterocycles. The molecule has 0 unspecified atom stereocenters. The minimum atomic E-state index is -0.0910. The van der Waals surface area contributed by atoms with Crippen LogP contribution in [0.25, 0.3) is 0 Å². The third kappa shape index (κ3) is 3.72. The Labute approximate surface area is 103 Å². The molecular formula is C14H21NO2. The average molecular weight is 235 g/mol. The zero-order chi connectivity index (χ0) is 12.1. The van der Waals surface area contributed by atoms with Gasteiger partial charge in [-0.15, -0.1) is 0 Å². The highest BCUT2D eigenvalue weighted by molar-refractivity contribution is 5.28. The van der Waals surface area contributed by atoms with E-state index in [0.29, 0.717) is 6.04 Å². The van der Waals surface area contributed by atoms with E-state index in [9.17, 15) is 5.11 Å². The Balaban J connectivity index is 1.79. The molecule has 1 aromatic carbocycles. The molecule has 1 fully saturated rings. The number of nitrogens with one attached hydrogen (secondary N) is 1. The second-order valence-corrected chi connectivity index (χ2v) is 4.70. The van der Waals surface area contributed by atoms with Gasteiger partial charge in [0.15, 0.2) is 0 Å². The highest BCUT2D eigenvalue weighted by atomic mass is 16.5. The number of aliphatic hydroxyl groups excluding tert-OH is 1. The van der Waals surface area contributed by atoms with Gasteiger partial charge in [-0.3, -0.25) is 0 Å². The third-order valence-electron chi connectivity index (χ3n) is 3.08. The zero-order valence-electron chi connectivity index (χ0n) is 10.4. The summed E-state index contributed by atoms with van der Waals surface area (Å²) in [6.45, 7) is 3.72. The number of benzene rings is 1. The molecule has 1 saturated carbocycles. The summed E-state index contributed by atoms with van der Waals surface area (Å²) in [6.07, 6.45) is 2.70. The summed E-state index contributed by atoms with van der Waals surface area (Å²) in [5, 5.41) is 12.6. The molecule has 1 aromatic rings. The zero-order valence-corrected chi connectivity index (χ0v) is 10.4. The lowest BCUT2D eigenvalue weighted by molar-refractivity contribution is 0.0619. The number of rotatable bonds is 6. The molecule has 0 amide bonds. The molecule has 0 aliphatic heterocycles. The molecule has 0 bridgehead atoms. The molecule has 0 spiro atoms. The van der Waals surface area contributed by atoms with Crippen LogP contribution in [0.2, 0.25) is 0 Å². The van der Waals surface area contributed by atoms with Crippen molar-refractivity contribution in [3.8, 4) is 5.75 Å². The smallest absolute Gasteiger partial charge is 0.119 e. The minimum Gasteiger partial charge on any atom is -0.494 e. The van der Waals surface area contributed by atoms with E-state index in [0.717, 1.165) is 38.2 Å². The lowest BCUT2D eigenvalue weighted by Crippen LogP contribution is -2.43. The van der Waals surface area contributed by atoms with Crippen molar-refractivity contribution in [3.63, 3.8) is 0 Å². The predicted octanol–water partition coefficient (Wildman–Crippen LogP) is 2.09. The molecule has 2 N–H and O–H groups in total. The quantitative estimate of drug-likeness (QED) is 0.793. The van der Waals surface area contributed by atoms with Crippen LogP contribution >= 0.6 is 0 Å². The van der Waals surface area contributed by atoms with Gasteiger partial charge in [0.2, 0.25) is 0 Å². The van der Waals surface area contributed by atoms with Gasteiger partial charge in [-0.25, -0.2) is 0 Å². The van der Waals surface area contributed by atoms with E-state index in [1.807, 2.05) is 12.1 Å². The topological polar surface area (TPSA) is 41.5 Å². The Morgan fingerprint density at radius 2 is 2.24 bits per heavy atom. The van der Waals surface area contributed by atoms with Crippen LogP contribution in [-0.4, -0.2) is 23.9 Å². The molecule has 0 saturated heterocycles. The first-order chi connectivity index (χ1) is 8.28. The molecule has 3 heteroatoms. The minimum absolute atomic E-state index is 0.0910. The van der Waals surface area contributed by atoms with Crippen LogP contribution < -0.4 is 10.1 Å². The van der Waals surface area contributed by atoms with Crippen LogP contribution in [0.5, 0.6) is 5.75 Å². The second kappa shape index (κ2) is 6.03. The van der Waals surface area contributed by atoms with Crippen LogP contribution in [0.1, 0.15) is 31.7 Å². The summed E-state index contributed by atoms with van der Waals surface area (Å²) in [5.41, 5.74) is 1.24. The van der Waals surface area contributed by atoms with E-state index in [-0.39, 0.29) is 6.10 Å². The van der Waals surface area contributed by atoms with Gasteiger partial charge in [0.05, 0.1) is 12.7 Å². The maximum Gasteiger partial charge on any atom is 0.119 e. The van der Waals surface area contributed by atoms with E-state index < -0.39 is 0 Å². The van der Waals surface area contributed by atoms with E-state index >= 15 is 0 Å². The molecule has 2 rings (SSSR count). The van der Waals surface area contributed by atoms with E-state index in [1.54, 1.807) is 0 Å². The molecule has 0 radical (unpaired) electrons. The molecular weight excluding hydrogens is 214 g/mol. The standard InChI is InChI=1S/C14H21NO2/c1-2-6-17-14-5-3-4-11(7-14)10-15-12-8-13(16)9-12/h3-5,7,12-13,15-16H,2,6,8-10H2,1H3. The second-order valence-electron chi connectivity index (χ2n) is 4.70. The van der Waals surface area contributed by atoms with Gasteiger partial charge in [0.1, 0.15) is 5.75 Å². The maximum atomic E-state index is 9.20. The highest BCUT2D eigenvalue weighted by Crippen LogP contribution is 2.20. The van der Waals surface area contributed by atoms with Gasteiger partial charge in [-0.05, 0) is 37.0 Å². The number of hydrogen-bond acceptors (Lipinski definition) is 3. The normalized spacial score (nSPS) is 23.2. The Kier molecular flexibility index (Phi) is 4.40. The summed E-state index contributed by atoms with van der Waals surface area (Å²) in [7, 11) is 0. The summed E-state index contributed by atoms with van der Waals surface area (Å²) in [4.78, 5) is 0. The van der Waals surface area contributed by atoms with Crippen molar-refractivity contribution < 1.29 is 9.84 Å². The summed E-state index contributed by atoms with van der Waals surface area (Å²) < 4.78 is 5.59. The average Bonchev–Trinajstić information content (AvgIpc) is 2.31. The van der Waals surface area contributed by atoms with Crippen molar-refractivity contribution in [2.75, 3.05) is 6.61 Å². The van der Waals surface area contributed by atoms with Crippen molar-refractivity contribution in [2.45, 2.75) is 44.9 Å². The fourth-order valence-corrected chi connectivity index (χ4v) is 1.98. The molecule has 0 aromatic heterocycles. The lowest BCUT2D eigenvalue weighted by Gasteiger charge is -2.32. The lowest BCUT2D eigenvalue weighted by atomic mass is 9.89. The Bertz CT molecular complexity index is 348. The van der Waals surface area contributed by atoms with Crippen molar-refractivity contribution >= 4 is 0 Å². The number of aliphatic hydroxyl groups is 1. The first kappa shape index (κ1) is 12.4. The van der Waals surface area contributed by atoms with Gasteiger partial charge < -0.3 is 15.2 Å². The van der Waals surface area contributed by atoms with Crippen molar-refractivity contribution in [3.05, 3.63) is 29.8 Å². The monoisotopic (exact) mass is 235 g/mol. The largest absolute Gasteiger partial charge is 0.494 e. The van der Waals surface area contributed by atoms with Crippen LogP contribution in [0.15, 0.2) is 24.3 Å². The van der Waals surface area contributed by atoms with E-state index in [1.165, 1.54) is 5.56 Å². The molecule has 17 heavy (non-hydrogen) atoms. The van der Waals surface area contributed by atoms with Crippen molar-refractivity contribution in [1.29, 1.82) is 0 Å². The van der Waals surface area contributed by atoms with Crippen molar-refractivity contribution in [2.24, 2.45) is 0 Å². The molecule has 3 nitrogen and oxygen atoms in total. The van der Waals surface area contributed by atoms with Gasteiger partial charge >= 0.3 is 0 Å². The molecule has 1 aliphatic rings. The fourth-order valence-electron chi connectivity index (χ4n) is 1.98. The molecule has 0 atom stereocenters. The Morgan fingerprint density at radius 1 is 1.41 bits per heavy atom. The van der Waals surface area contributed by atoms with Gasteiger partial charge in [0.25, 0.3) is 0 Å². The summed E-state index contributed by atoms with van der Waals surface area (Å²) in [5.74, 6) is 0.944. The van der Waals surface area contributed by atoms with E-state index in [4.69, 9.17) is 4.74 Å².